The van der Waals surface area contributed by atoms with E-state index in [0.717, 1.165) is 5.56 Å². The highest BCUT2D eigenvalue weighted by Crippen LogP contribution is 2.36. The van der Waals surface area contributed by atoms with E-state index in [-0.39, 0.29) is 42.4 Å². The number of rotatable bonds is 4. The Labute approximate surface area is 131 Å². The number of ether oxygens (including phenoxy) is 1. The van der Waals surface area contributed by atoms with Gasteiger partial charge in [-0.2, -0.15) is 0 Å². The molecule has 120 valence electrons. The van der Waals surface area contributed by atoms with Crippen LogP contribution in [0, 0.1) is 5.82 Å². The van der Waals surface area contributed by atoms with E-state index >= 15 is 0 Å². The molecule has 23 heavy (non-hydrogen) atoms. The van der Waals surface area contributed by atoms with Crippen LogP contribution in [0.5, 0.6) is 5.75 Å². The third-order valence-electron chi connectivity index (χ3n) is 3.78. The maximum atomic E-state index is 13.2. The molecule has 0 aliphatic carbocycles. The SMILES string of the molecule is C[C@@H]1Oc2cc(F)ccc2[C@@H]1NC(=O)CCn1cnccc1=O. The molecule has 6 nitrogen and oxygen atoms in total. The van der Waals surface area contributed by atoms with Crippen LogP contribution in [-0.4, -0.2) is 21.6 Å². The Bertz CT molecular complexity index is 790. The average Bonchev–Trinajstić information content (AvgIpc) is 2.81. The first-order valence-electron chi connectivity index (χ1n) is 7.30. The lowest BCUT2D eigenvalue weighted by Gasteiger charge is -2.17. The Morgan fingerprint density at radius 2 is 2.26 bits per heavy atom. The predicted molar refractivity (Wildman–Crippen MR) is 80.5 cm³/mol. The number of nitrogens with one attached hydrogen (secondary N) is 1. The van der Waals surface area contributed by atoms with Crippen molar-refractivity contribution in [2.75, 3.05) is 0 Å². The van der Waals surface area contributed by atoms with Gasteiger partial charge in [-0.05, 0) is 13.0 Å². The maximum Gasteiger partial charge on any atom is 0.253 e. The summed E-state index contributed by atoms with van der Waals surface area (Å²) in [6.45, 7) is 2.06. The summed E-state index contributed by atoms with van der Waals surface area (Å²) in [7, 11) is 0. The zero-order chi connectivity index (χ0) is 16.4. The van der Waals surface area contributed by atoms with Crippen LogP contribution >= 0.6 is 0 Å². The van der Waals surface area contributed by atoms with Gasteiger partial charge in [0.15, 0.2) is 0 Å². The molecule has 1 aliphatic rings. The molecule has 1 aromatic heterocycles. The van der Waals surface area contributed by atoms with Crippen molar-refractivity contribution in [1.82, 2.24) is 14.9 Å². The van der Waals surface area contributed by atoms with Gasteiger partial charge in [-0.25, -0.2) is 9.37 Å². The molecular formula is C16H16FN3O3. The normalized spacial score (nSPS) is 19.0. The summed E-state index contributed by atoms with van der Waals surface area (Å²) in [5, 5.41) is 2.87. The smallest absolute Gasteiger partial charge is 0.253 e. The van der Waals surface area contributed by atoms with E-state index in [0.29, 0.717) is 5.75 Å². The van der Waals surface area contributed by atoms with Gasteiger partial charge < -0.3 is 10.1 Å². The number of benzene rings is 1. The zero-order valence-corrected chi connectivity index (χ0v) is 12.5. The number of carbonyl (C=O) groups is 1. The zero-order valence-electron chi connectivity index (χ0n) is 12.5. The third kappa shape index (κ3) is 3.23. The molecule has 0 saturated heterocycles. The summed E-state index contributed by atoms with van der Waals surface area (Å²) in [5.74, 6) is -0.136. The maximum absolute atomic E-state index is 13.2. The largest absolute Gasteiger partial charge is 0.488 e. The number of aromatic nitrogens is 2. The first-order valence-corrected chi connectivity index (χ1v) is 7.30. The second-order valence-corrected chi connectivity index (χ2v) is 5.41. The van der Waals surface area contributed by atoms with E-state index in [1.807, 2.05) is 6.92 Å². The van der Waals surface area contributed by atoms with E-state index in [4.69, 9.17) is 4.74 Å². The lowest BCUT2D eigenvalue weighted by Crippen LogP contribution is -2.34. The average molecular weight is 317 g/mol. The molecule has 1 amide bonds. The Balaban J connectivity index is 1.65. The topological polar surface area (TPSA) is 73.2 Å². The molecule has 1 N–H and O–H groups in total. The van der Waals surface area contributed by atoms with Gasteiger partial charge in [-0.15, -0.1) is 0 Å². The Kier molecular flexibility index (Phi) is 4.10. The van der Waals surface area contributed by atoms with Crippen LogP contribution in [0.4, 0.5) is 4.39 Å². The van der Waals surface area contributed by atoms with Gasteiger partial charge in [0, 0.05) is 36.9 Å². The van der Waals surface area contributed by atoms with E-state index in [1.54, 1.807) is 6.07 Å². The minimum atomic E-state index is -0.376. The highest BCUT2D eigenvalue weighted by Gasteiger charge is 2.32. The van der Waals surface area contributed by atoms with Crippen molar-refractivity contribution in [2.45, 2.75) is 32.0 Å². The molecular weight excluding hydrogens is 301 g/mol. The number of carbonyl (C=O) groups excluding carboxylic acids is 1. The molecule has 2 heterocycles. The van der Waals surface area contributed by atoms with Crippen molar-refractivity contribution in [3.63, 3.8) is 0 Å². The summed E-state index contributed by atoms with van der Waals surface area (Å²) < 4.78 is 20.2. The molecule has 1 aliphatic heterocycles. The molecule has 0 unspecified atom stereocenters. The Hall–Kier alpha value is -2.70. The number of hydrogen-bond donors (Lipinski definition) is 1. The van der Waals surface area contributed by atoms with Crippen molar-refractivity contribution >= 4 is 5.91 Å². The van der Waals surface area contributed by atoms with Crippen LogP contribution in [-0.2, 0) is 11.3 Å². The molecule has 0 radical (unpaired) electrons. The van der Waals surface area contributed by atoms with Gasteiger partial charge in [0.2, 0.25) is 5.91 Å². The quantitative estimate of drug-likeness (QED) is 0.925. The summed E-state index contributed by atoms with van der Waals surface area (Å²) in [6.07, 6.45) is 2.67. The van der Waals surface area contributed by atoms with Crippen LogP contribution in [0.15, 0.2) is 41.6 Å². The van der Waals surface area contributed by atoms with Gasteiger partial charge >= 0.3 is 0 Å². The van der Waals surface area contributed by atoms with Crippen LogP contribution in [0.2, 0.25) is 0 Å². The number of halogens is 1. The molecule has 7 heteroatoms. The van der Waals surface area contributed by atoms with Crippen molar-refractivity contribution < 1.29 is 13.9 Å². The second-order valence-electron chi connectivity index (χ2n) is 5.41. The number of hydrogen-bond acceptors (Lipinski definition) is 4. The first-order chi connectivity index (χ1) is 11.0. The molecule has 0 bridgehead atoms. The van der Waals surface area contributed by atoms with Gasteiger partial charge in [-0.3, -0.25) is 14.2 Å². The lowest BCUT2D eigenvalue weighted by molar-refractivity contribution is -0.122. The fourth-order valence-electron chi connectivity index (χ4n) is 2.60. The van der Waals surface area contributed by atoms with E-state index < -0.39 is 0 Å². The third-order valence-corrected chi connectivity index (χ3v) is 3.78. The lowest BCUT2D eigenvalue weighted by atomic mass is 10.0. The van der Waals surface area contributed by atoms with Crippen molar-refractivity contribution in [3.8, 4) is 5.75 Å². The fraction of sp³-hybridized carbons (Fsp3) is 0.312. The second kappa shape index (κ2) is 6.20. The number of aryl methyl sites for hydroxylation is 1. The summed E-state index contributed by atoms with van der Waals surface area (Å²) in [5.41, 5.74) is 0.553. The predicted octanol–water partition coefficient (Wildman–Crippen LogP) is 1.41. The van der Waals surface area contributed by atoms with Crippen LogP contribution in [0.3, 0.4) is 0 Å². The molecule has 0 fully saturated rings. The van der Waals surface area contributed by atoms with Gasteiger partial charge in [0.05, 0.1) is 12.4 Å². The monoisotopic (exact) mass is 317 g/mol. The van der Waals surface area contributed by atoms with Crippen molar-refractivity contribution in [1.29, 1.82) is 0 Å². The fourth-order valence-corrected chi connectivity index (χ4v) is 2.60. The highest BCUT2D eigenvalue weighted by atomic mass is 19.1. The van der Waals surface area contributed by atoms with E-state index in [1.165, 1.54) is 35.3 Å². The van der Waals surface area contributed by atoms with Crippen molar-refractivity contribution in [3.05, 3.63) is 58.5 Å². The first kappa shape index (κ1) is 15.2. The van der Waals surface area contributed by atoms with Crippen LogP contribution in [0.25, 0.3) is 0 Å². The van der Waals surface area contributed by atoms with Crippen LogP contribution in [0.1, 0.15) is 24.9 Å². The van der Waals surface area contributed by atoms with Gasteiger partial charge in [0.1, 0.15) is 17.7 Å². The molecule has 3 rings (SSSR count). The number of amides is 1. The minimum Gasteiger partial charge on any atom is -0.488 e. The molecule has 2 atom stereocenters. The van der Waals surface area contributed by atoms with Gasteiger partial charge in [0.25, 0.3) is 5.56 Å². The number of nitrogens with zero attached hydrogens (tertiary/aromatic N) is 2. The minimum absolute atomic E-state index is 0.144. The summed E-state index contributed by atoms with van der Waals surface area (Å²) in [6, 6.07) is 5.28. The van der Waals surface area contributed by atoms with E-state index in [2.05, 4.69) is 10.3 Å². The highest BCUT2D eigenvalue weighted by molar-refractivity contribution is 5.76. The Morgan fingerprint density at radius 1 is 1.43 bits per heavy atom. The standard InChI is InChI=1S/C16H16FN3O3/c1-10-16(12-3-2-11(17)8-13(12)23-10)19-14(21)5-7-20-9-18-6-4-15(20)22/h2-4,6,8-10,16H,5,7H2,1H3,(H,19,21)/t10-,16+/m0/s1. The molecule has 1 aromatic carbocycles. The molecule has 2 aromatic rings. The van der Waals surface area contributed by atoms with Gasteiger partial charge in [-0.1, -0.05) is 6.07 Å². The van der Waals surface area contributed by atoms with E-state index in [9.17, 15) is 14.0 Å². The van der Waals surface area contributed by atoms with Crippen LogP contribution < -0.4 is 15.6 Å². The summed E-state index contributed by atoms with van der Waals surface area (Å²) >= 11 is 0. The van der Waals surface area contributed by atoms with Crippen molar-refractivity contribution in [2.24, 2.45) is 0 Å². The number of fused-ring (bicyclic) bond motifs is 1. The summed E-state index contributed by atoms with van der Waals surface area (Å²) in [4.78, 5) is 27.5. The molecule has 0 spiro atoms. The Morgan fingerprint density at radius 3 is 3.04 bits per heavy atom. The molecule has 0 saturated carbocycles.